The second-order valence-corrected chi connectivity index (χ2v) is 5.91. The molecule has 0 unspecified atom stereocenters. The van der Waals surface area contributed by atoms with Gasteiger partial charge in [0.2, 0.25) is 0 Å². The second-order valence-electron chi connectivity index (χ2n) is 5.91. The second kappa shape index (κ2) is 7.88. The summed E-state index contributed by atoms with van der Waals surface area (Å²) in [5.41, 5.74) is 1.75. The van der Waals surface area contributed by atoms with Crippen molar-refractivity contribution >= 4 is 12.0 Å². The number of hydrogen-bond acceptors (Lipinski definition) is 2. The van der Waals surface area contributed by atoms with Crippen LogP contribution in [0.3, 0.4) is 0 Å². The minimum Gasteiger partial charge on any atom is -0.336 e. The van der Waals surface area contributed by atoms with Crippen LogP contribution in [-0.4, -0.2) is 48.4 Å². The van der Waals surface area contributed by atoms with Gasteiger partial charge >= 0.3 is 0 Å². The summed E-state index contributed by atoms with van der Waals surface area (Å²) in [6.45, 7) is 4.00. The maximum Gasteiger partial charge on any atom is 0.253 e. The average Bonchev–Trinajstić information content (AvgIpc) is 2.63. The van der Waals surface area contributed by atoms with Gasteiger partial charge in [-0.05, 0) is 29.8 Å². The Morgan fingerprint density at radius 3 is 2.29 bits per heavy atom. The third kappa shape index (κ3) is 4.30. The van der Waals surface area contributed by atoms with Crippen LogP contribution in [0.4, 0.5) is 4.39 Å². The summed E-state index contributed by atoms with van der Waals surface area (Å²) in [7, 11) is 0. The molecule has 0 bridgehead atoms. The molecule has 124 valence electrons. The molecule has 2 aromatic carbocycles. The molecule has 1 saturated heterocycles. The molecule has 0 saturated carbocycles. The van der Waals surface area contributed by atoms with Crippen molar-refractivity contribution in [3.05, 3.63) is 77.6 Å². The molecule has 3 rings (SSSR count). The van der Waals surface area contributed by atoms with Gasteiger partial charge < -0.3 is 4.90 Å². The maximum absolute atomic E-state index is 12.9. The Morgan fingerprint density at radius 2 is 1.62 bits per heavy atom. The summed E-state index contributed by atoms with van der Waals surface area (Å²) in [6.07, 6.45) is 4.28. The number of amides is 1. The molecular weight excluding hydrogens is 303 g/mol. The molecule has 1 aliphatic rings. The number of rotatable bonds is 4. The molecule has 0 aliphatic carbocycles. The minimum atomic E-state index is -0.318. The van der Waals surface area contributed by atoms with Crippen LogP contribution in [0.5, 0.6) is 0 Å². The Balaban J connectivity index is 1.48. The van der Waals surface area contributed by atoms with Crippen LogP contribution in [0.2, 0.25) is 0 Å². The third-order valence-electron chi connectivity index (χ3n) is 4.22. The first kappa shape index (κ1) is 16.4. The standard InChI is InChI=1S/C20H21FN2O/c21-19-10-8-18(9-11-19)20(24)23-15-13-22(14-16-23)12-4-7-17-5-2-1-3-6-17/h1-11H,12-16H2/b7-4+. The van der Waals surface area contributed by atoms with Crippen molar-refractivity contribution in [2.24, 2.45) is 0 Å². The molecular formula is C20H21FN2O. The topological polar surface area (TPSA) is 23.6 Å². The van der Waals surface area contributed by atoms with E-state index >= 15 is 0 Å². The molecule has 0 spiro atoms. The molecule has 4 heteroatoms. The number of hydrogen-bond donors (Lipinski definition) is 0. The predicted molar refractivity (Wildman–Crippen MR) is 94.2 cm³/mol. The highest BCUT2D eigenvalue weighted by molar-refractivity contribution is 5.94. The zero-order chi connectivity index (χ0) is 16.8. The number of benzene rings is 2. The molecule has 0 radical (unpaired) electrons. The summed E-state index contributed by atoms with van der Waals surface area (Å²) in [4.78, 5) is 16.6. The summed E-state index contributed by atoms with van der Waals surface area (Å²) < 4.78 is 12.9. The lowest BCUT2D eigenvalue weighted by molar-refractivity contribution is 0.0650. The normalized spacial score (nSPS) is 15.8. The Morgan fingerprint density at radius 1 is 0.958 bits per heavy atom. The third-order valence-corrected chi connectivity index (χ3v) is 4.22. The van der Waals surface area contributed by atoms with Crippen molar-refractivity contribution in [1.29, 1.82) is 0 Å². The number of carbonyl (C=O) groups excluding carboxylic acids is 1. The first-order valence-electron chi connectivity index (χ1n) is 8.21. The predicted octanol–water partition coefficient (Wildman–Crippen LogP) is 3.30. The van der Waals surface area contributed by atoms with E-state index in [1.165, 1.54) is 17.7 Å². The van der Waals surface area contributed by atoms with Crippen LogP contribution in [0, 0.1) is 5.82 Å². The number of piperazine rings is 1. The van der Waals surface area contributed by atoms with Crippen LogP contribution in [0.15, 0.2) is 60.7 Å². The maximum atomic E-state index is 12.9. The van der Waals surface area contributed by atoms with Gasteiger partial charge in [-0.15, -0.1) is 0 Å². The smallest absolute Gasteiger partial charge is 0.253 e. The van der Waals surface area contributed by atoms with Crippen LogP contribution >= 0.6 is 0 Å². The van der Waals surface area contributed by atoms with Gasteiger partial charge in [0, 0.05) is 38.3 Å². The van der Waals surface area contributed by atoms with Crippen molar-refractivity contribution in [1.82, 2.24) is 9.80 Å². The van der Waals surface area contributed by atoms with E-state index < -0.39 is 0 Å². The summed E-state index contributed by atoms with van der Waals surface area (Å²) in [6, 6.07) is 16.0. The molecule has 2 aromatic rings. The molecule has 3 nitrogen and oxygen atoms in total. The Hall–Kier alpha value is -2.46. The highest BCUT2D eigenvalue weighted by Gasteiger charge is 2.21. The molecule has 1 amide bonds. The fourth-order valence-electron chi connectivity index (χ4n) is 2.81. The summed E-state index contributed by atoms with van der Waals surface area (Å²) in [5, 5.41) is 0. The van der Waals surface area contributed by atoms with E-state index in [4.69, 9.17) is 0 Å². The van der Waals surface area contributed by atoms with E-state index in [0.717, 1.165) is 19.6 Å². The van der Waals surface area contributed by atoms with E-state index in [2.05, 4.69) is 29.2 Å². The number of nitrogens with zero attached hydrogens (tertiary/aromatic N) is 2. The highest BCUT2D eigenvalue weighted by Crippen LogP contribution is 2.10. The average molecular weight is 324 g/mol. The van der Waals surface area contributed by atoms with Gasteiger partial charge in [0.1, 0.15) is 5.82 Å². The molecule has 1 fully saturated rings. The van der Waals surface area contributed by atoms with Crippen LogP contribution in [-0.2, 0) is 0 Å². The minimum absolute atomic E-state index is 0.0190. The number of carbonyl (C=O) groups is 1. The van der Waals surface area contributed by atoms with Crippen molar-refractivity contribution in [3.8, 4) is 0 Å². The van der Waals surface area contributed by atoms with Gasteiger partial charge in [0.05, 0.1) is 0 Å². The van der Waals surface area contributed by atoms with Crippen molar-refractivity contribution in [3.63, 3.8) is 0 Å². The summed E-state index contributed by atoms with van der Waals surface area (Å²) in [5.74, 6) is -0.337. The summed E-state index contributed by atoms with van der Waals surface area (Å²) >= 11 is 0. The molecule has 1 heterocycles. The van der Waals surface area contributed by atoms with Crippen molar-refractivity contribution in [2.45, 2.75) is 0 Å². The van der Waals surface area contributed by atoms with Crippen LogP contribution in [0.1, 0.15) is 15.9 Å². The van der Waals surface area contributed by atoms with Crippen molar-refractivity contribution in [2.75, 3.05) is 32.7 Å². The fourth-order valence-corrected chi connectivity index (χ4v) is 2.81. The molecule has 1 aliphatic heterocycles. The number of halogens is 1. The lowest BCUT2D eigenvalue weighted by Gasteiger charge is -2.34. The van der Waals surface area contributed by atoms with Gasteiger partial charge in [-0.3, -0.25) is 9.69 Å². The Bertz CT molecular complexity index is 689. The van der Waals surface area contributed by atoms with E-state index in [1.54, 1.807) is 12.1 Å². The van der Waals surface area contributed by atoms with E-state index in [-0.39, 0.29) is 11.7 Å². The van der Waals surface area contributed by atoms with Crippen molar-refractivity contribution < 1.29 is 9.18 Å². The zero-order valence-electron chi connectivity index (χ0n) is 13.6. The lowest BCUT2D eigenvalue weighted by atomic mass is 10.1. The molecule has 0 atom stereocenters. The molecule has 0 N–H and O–H groups in total. The van der Waals surface area contributed by atoms with Crippen LogP contribution in [0.25, 0.3) is 6.08 Å². The quantitative estimate of drug-likeness (QED) is 0.861. The fraction of sp³-hybridized carbons (Fsp3) is 0.250. The Labute approximate surface area is 142 Å². The van der Waals surface area contributed by atoms with Gasteiger partial charge in [0.25, 0.3) is 5.91 Å². The largest absolute Gasteiger partial charge is 0.336 e. The molecule has 0 aromatic heterocycles. The van der Waals surface area contributed by atoms with E-state index in [9.17, 15) is 9.18 Å². The van der Waals surface area contributed by atoms with Gasteiger partial charge in [-0.1, -0.05) is 42.5 Å². The SMILES string of the molecule is O=C(c1ccc(F)cc1)N1CCN(C/C=C/c2ccccc2)CC1. The molecule has 24 heavy (non-hydrogen) atoms. The van der Waals surface area contributed by atoms with E-state index in [0.29, 0.717) is 18.7 Å². The van der Waals surface area contributed by atoms with E-state index in [1.807, 2.05) is 23.1 Å². The highest BCUT2D eigenvalue weighted by atomic mass is 19.1. The van der Waals surface area contributed by atoms with Gasteiger partial charge in [0.15, 0.2) is 0 Å². The Kier molecular flexibility index (Phi) is 5.39. The van der Waals surface area contributed by atoms with Gasteiger partial charge in [-0.25, -0.2) is 4.39 Å². The van der Waals surface area contributed by atoms with Gasteiger partial charge in [-0.2, -0.15) is 0 Å². The first-order chi connectivity index (χ1) is 11.7. The lowest BCUT2D eigenvalue weighted by Crippen LogP contribution is -2.48. The van der Waals surface area contributed by atoms with Crippen LogP contribution < -0.4 is 0 Å². The first-order valence-corrected chi connectivity index (χ1v) is 8.21. The monoisotopic (exact) mass is 324 g/mol. The zero-order valence-corrected chi connectivity index (χ0v) is 13.6.